The van der Waals surface area contributed by atoms with Gasteiger partial charge in [0, 0.05) is 5.56 Å². The Morgan fingerprint density at radius 1 is 1.15 bits per heavy atom. The van der Waals surface area contributed by atoms with E-state index in [9.17, 15) is 36.4 Å². The van der Waals surface area contributed by atoms with E-state index >= 15 is 0 Å². The van der Waals surface area contributed by atoms with Crippen molar-refractivity contribution in [2.75, 3.05) is 7.11 Å². The van der Waals surface area contributed by atoms with Crippen LogP contribution in [0.3, 0.4) is 0 Å². The Kier molecular flexibility index (Phi) is 6.13. The number of primary amides is 1. The quantitative estimate of drug-likeness (QED) is 0.516. The van der Waals surface area contributed by atoms with Crippen LogP contribution in [0.5, 0.6) is 11.6 Å². The zero-order valence-electron chi connectivity index (χ0n) is 17.6. The van der Waals surface area contributed by atoms with E-state index in [1.807, 2.05) is 6.07 Å². The minimum atomic E-state index is -5.03. The molecule has 1 heterocycles. The summed E-state index contributed by atoms with van der Waals surface area (Å²) in [5.74, 6) is -1.70. The number of alkyl halides is 6. The van der Waals surface area contributed by atoms with Gasteiger partial charge in [-0.2, -0.15) is 23.5 Å². The first kappa shape index (κ1) is 24.7. The van der Waals surface area contributed by atoms with Gasteiger partial charge < -0.3 is 15.2 Å². The number of fused-ring (bicyclic) bond motifs is 1. The van der Waals surface area contributed by atoms with Gasteiger partial charge in [0.15, 0.2) is 0 Å². The third-order valence-corrected chi connectivity index (χ3v) is 5.01. The van der Waals surface area contributed by atoms with E-state index in [4.69, 9.17) is 10.5 Å². The van der Waals surface area contributed by atoms with Crippen LogP contribution in [-0.2, 0) is 18.1 Å². The molecule has 3 aromatic rings. The Hall–Kier alpha value is -3.95. The van der Waals surface area contributed by atoms with Crippen LogP contribution in [-0.4, -0.2) is 29.2 Å². The van der Waals surface area contributed by atoms with E-state index in [1.54, 1.807) is 0 Å². The van der Waals surface area contributed by atoms with Crippen molar-refractivity contribution in [3.63, 3.8) is 0 Å². The summed E-state index contributed by atoms with van der Waals surface area (Å²) in [4.78, 5) is 11.9. The summed E-state index contributed by atoms with van der Waals surface area (Å²) < 4.78 is 87.6. The number of halogens is 6. The molecule has 0 aliphatic carbocycles. The smallest absolute Gasteiger partial charge is 0.481 e. The number of amides is 1. The van der Waals surface area contributed by atoms with Crippen molar-refractivity contribution in [2.24, 2.45) is 5.73 Å². The van der Waals surface area contributed by atoms with Crippen molar-refractivity contribution < 1.29 is 40.6 Å². The third kappa shape index (κ3) is 4.85. The van der Waals surface area contributed by atoms with Crippen LogP contribution in [0.15, 0.2) is 36.4 Å². The number of hydrogen-bond donors (Lipinski definition) is 1. The highest BCUT2D eigenvalue weighted by atomic mass is 19.4. The first-order valence-corrected chi connectivity index (χ1v) is 9.41. The molecule has 34 heavy (non-hydrogen) atoms. The Labute approximate surface area is 188 Å². The molecule has 1 unspecified atom stereocenters. The molecule has 0 aliphatic rings. The fourth-order valence-corrected chi connectivity index (χ4v) is 3.48. The molecule has 0 saturated heterocycles. The lowest BCUT2D eigenvalue weighted by molar-refractivity contribution is -0.274. The van der Waals surface area contributed by atoms with E-state index in [0.717, 1.165) is 41.1 Å². The number of methoxy groups -OCH3 is 1. The van der Waals surface area contributed by atoms with Gasteiger partial charge in [0.05, 0.1) is 41.6 Å². The summed E-state index contributed by atoms with van der Waals surface area (Å²) in [7, 11) is 1.24. The standard InChI is InChI=1S/C21H16F6N4O3/c1-19(9-28,15-8-12(34-21(25,26)27)4-6-13(15)17(29)32)10-31-18(33-2)14-5-3-11(20(22,23)24)7-16(14)30-31/h3-8H,10H2,1-2H3,(H2,29,32). The Bertz CT molecular complexity index is 1290. The van der Waals surface area contributed by atoms with Crippen molar-refractivity contribution in [1.29, 1.82) is 5.26 Å². The highest BCUT2D eigenvalue weighted by molar-refractivity contribution is 5.95. The number of benzene rings is 2. The normalized spacial score (nSPS) is 13.9. The molecule has 0 bridgehead atoms. The topological polar surface area (TPSA) is 103 Å². The Morgan fingerprint density at radius 2 is 1.82 bits per heavy atom. The molecule has 2 N–H and O–H groups in total. The SMILES string of the molecule is COc1c2ccc(C(F)(F)F)cc2nn1CC(C)(C#N)c1cc(OC(F)(F)F)ccc1C(N)=O. The Balaban J connectivity index is 2.14. The average Bonchev–Trinajstić information content (AvgIpc) is 3.07. The predicted molar refractivity (Wildman–Crippen MR) is 106 cm³/mol. The van der Waals surface area contributed by atoms with Gasteiger partial charge in [-0.15, -0.1) is 13.2 Å². The van der Waals surface area contributed by atoms with Crippen molar-refractivity contribution in [3.8, 4) is 17.7 Å². The number of aromatic nitrogens is 2. The van der Waals surface area contributed by atoms with Crippen LogP contribution in [0.4, 0.5) is 26.3 Å². The van der Waals surface area contributed by atoms with E-state index in [1.165, 1.54) is 14.0 Å². The van der Waals surface area contributed by atoms with Crippen molar-refractivity contribution in [2.45, 2.75) is 31.4 Å². The third-order valence-electron chi connectivity index (χ3n) is 5.01. The van der Waals surface area contributed by atoms with Gasteiger partial charge in [-0.05, 0) is 48.9 Å². The van der Waals surface area contributed by atoms with Crippen LogP contribution in [0.25, 0.3) is 10.9 Å². The summed E-state index contributed by atoms with van der Waals surface area (Å²) in [5, 5.41) is 14.2. The summed E-state index contributed by atoms with van der Waals surface area (Å²) in [6, 6.07) is 7.42. The molecular formula is C21H16F6N4O3. The van der Waals surface area contributed by atoms with Gasteiger partial charge in [-0.25, -0.2) is 4.68 Å². The summed E-state index contributed by atoms with van der Waals surface area (Å²) >= 11 is 0. The fourth-order valence-electron chi connectivity index (χ4n) is 3.48. The van der Waals surface area contributed by atoms with Crippen LogP contribution in [0, 0.1) is 11.3 Å². The van der Waals surface area contributed by atoms with E-state index in [2.05, 4.69) is 9.84 Å². The highest BCUT2D eigenvalue weighted by Crippen LogP contribution is 2.37. The van der Waals surface area contributed by atoms with Crippen LogP contribution in [0.1, 0.15) is 28.4 Å². The summed E-state index contributed by atoms with van der Waals surface area (Å²) in [5.41, 5.74) is 2.14. The molecule has 0 saturated carbocycles. The molecular weight excluding hydrogens is 470 g/mol. The maximum absolute atomic E-state index is 13.1. The maximum Gasteiger partial charge on any atom is 0.573 e. The number of ether oxygens (including phenoxy) is 2. The number of hydrogen-bond acceptors (Lipinski definition) is 5. The minimum Gasteiger partial charge on any atom is -0.481 e. The molecule has 2 aromatic carbocycles. The number of rotatable bonds is 6. The zero-order valence-corrected chi connectivity index (χ0v) is 17.6. The average molecular weight is 486 g/mol. The number of carbonyl (C=O) groups is 1. The van der Waals surface area contributed by atoms with Crippen LogP contribution < -0.4 is 15.2 Å². The van der Waals surface area contributed by atoms with Crippen LogP contribution in [0.2, 0.25) is 0 Å². The lowest BCUT2D eigenvalue weighted by Gasteiger charge is -2.25. The molecule has 1 aromatic heterocycles. The van der Waals surface area contributed by atoms with Crippen molar-refractivity contribution in [1.82, 2.24) is 9.78 Å². The predicted octanol–water partition coefficient (Wildman–Crippen LogP) is 4.54. The molecule has 3 rings (SSSR count). The second-order valence-corrected chi connectivity index (χ2v) is 7.46. The molecule has 0 fully saturated rings. The second-order valence-electron chi connectivity index (χ2n) is 7.46. The fraction of sp³-hybridized carbons (Fsp3) is 0.286. The number of nitrogens with zero attached hydrogens (tertiary/aromatic N) is 3. The van der Waals surface area contributed by atoms with Gasteiger partial charge >= 0.3 is 12.5 Å². The van der Waals surface area contributed by atoms with Gasteiger partial charge in [-0.1, -0.05) is 0 Å². The first-order chi connectivity index (χ1) is 15.7. The van der Waals surface area contributed by atoms with Gasteiger partial charge in [0.25, 0.3) is 0 Å². The van der Waals surface area contributed by atoms with Gasteiger partial charge in [0.1, 0.15) is 5.75 Å². The molecule has 0 spiro atoms. The van der Waals surface area contributed by atoms with Gasteiger partial charge in [0.2, 0.25) is 11.8 Å². The summed E-state index contributed by atoms with van der Waals surface area (Å²) in [6.07, 6.45) is -9.66. The number of carbonyl (C=O) groups excluding carboxylic acids is 1. The van der Waals surface area contributed by atoms with E-state index < -0.39 is 41.7 Å². The minimum absolute atomic E-state index is 0.00789. The molecule has 13 heteroatoms. The largest absolute Gasteiger partial charge is 0.573 e. The van der Waals surface area contributed by atoms with Crippen molar-refractivity contribution in [3.05, 3.63) is 53.1 Å². The molecule has 0 aliphatic heterocycles. The molecule has 180 valence electrons. The Morgan fingerprint density at radius 3 is 2.35 bits per heavy atom. The first-order valence-electron chi connectivity index (χ1n) is 9.41. The van der Waals surface area contributed by atoms with Gasteiger partial charge in [-0.3, -0.25) is 4.79 Å². The lowest BCUT2D eigenvalue weighted by atomic mass is 9.80. The number of nitrogens with two attached hydrogens (primary N) is 1. The molecule has 7 nitrogen and oxygen atoms in total. The molecule has 0 radical (unpaired) electrons. The highest BCUT2D eigenvalue weighted by Gasteiger charge is 2.36. The van der Waals surface area contributed by atoms with Crippen LogP contribution >= 0.6 is 0 Å². The van der Waals surface area contributed by atoms with E-state index in [0.29, 0.717) is 0 Å². The zero-order chi connectivity index (χ0) is 25.5. The molecule has 1 atom stereocenters. The lowest BCUT2D eigenvalue weighted by Crippen LogP contribution is -2.31. The number of nitriles is 1. The van der Waals surface area contributed by atoms with Crippen molar-refractivity contribution >= 4 is 16.8 Å². The monoisotopic (exact) mass is 486 g/mol. The molecule has 1 amide bonds. The maximum atomic E-state index is 13.1. The van der Waals surface area contributed by atoms with E-state index in [-0.39, 0.29) is 27.9 Å². The summed E-state index contributed by atoms with van der Waals surface area (Å²) in [6.45, 7) is 0.900. The second kappa shape index (κ2) is 8.44.